The van der Waals surface area contributed by atoms with E-state index in [1.807, 2.05) is 78.6 Å². The van der Waals surface area contributed by atoms with Crippen LogP contribution in [0.5, 0.6) is 5.75 Å². The number of nitrogens with zero attached hydrogens (tertiary/aromatic N) is 5. The first-order valence-corrected chi connectivity index (χ1v) is 25.9. The number of fused-ring (bicyclic) bond motifs is 1. The molecule has 392 valence electrons. The van der Waals surface area contributed by atoms with E-state index < -0.39 is 29.7 Å². The second kappa shape index (κ2) is 23.6. The molecular formula is C58H66N8O9. The summed E-state index contributed by atoms with van der Waals surface area (Å²) in [6, 6.07) is 24.1. The third-order valence-electron chi connectivity index (χ3n) is 14.3. The van der Waals surface area contributed by atoms with Crippen LogP contribution in [0.15, 0.2) is 95.9 Å². The SMILES string of the molecule is Cc1c(NC(=O)c2ccc(C(C)(C)C)cc2)cccc1-c1cn(C)c(=O)c(Cc2ccc(C(=O)N3CCN(CCCCCCCCNC(=O)COc4cccc5c4C(=O)N(C4CCC(=O)NC4=O)C5=O)CC3)cc2)n1. The number of nitrogens with one attached hydrogen (secondary N) is 3. The monoisotopic (exact) mass is 1020 g/mol. The molecule has 0 saturated carbocycles. The van der Waals surface area contributed by atoms with Crippen molar-refractivity contribution in [2.45, 2.75) is 96.9 Å². The van der Waals surface area contributed by atoms with Gasteiger partial charge in [0.2, 0.25) is 11.8 Å². The van der Waals surface area contributed by atoms with Crippen LogP contribution in [0.3, 0.4) is 0 Å². The number of unbranched alkanes of at least 4 members (excludes halogenated alkanes) is 5. The molecule has 17 heteroatoms. The summed E-state index contributed by atoms with van der Waals surface area (Å²) < 4.78 is 7.21. The molecule has 0 bridgehead atoms. The van der Waals surface area contributed by atoms with E-state index in [2.05, 4.69) is 41.6 Å². The van der Waals surface area contributed by atoms with Gasteiger partial charge in [0.05, 0.1) is 16.8 Å². The lowest BCUT2D eigenvalue weighted by Crippen LogP contribution is -2.54. The summed E-state index contributed by atoms with van der Waals surface area (Å²) in [6.07, 6.45) is 8.08. The van der Waals surface area contributed by atoms with Crippen LogP contribution in [0, 0.1) is 6.92 Å². The number of anilines is 1. The third-order valence-corrected chi connectivity index (χ3v) is 14.3. The minimum Gasteiger partial charge on any atom is -0.483 e. The summed E-state index contributed by atoms with van der Waals surface area (Å²) in [5, 5.41) is 8.07. The zero-order valence-corrected chi connectivity index (χ0v) is 43.5. The summed E-state index contributed by atoms with van der Waals surface area (Å²) in [5.41, 5.74) is 6.31. The molecule has 3 N–H and O–H groups in total. The van der Waals surface area contributed by atoms with Crippen molar-refractivity contribution in [1.82, 2.24) is 34.9 Å². The normalized spacial score (nSPS) is 15.9. The van der Waals surface area contributed by atoms with E-state index in [0.717, 1.165) is 85.3 Å². The first-order chi connectivity index (χ1) is 36.0. The van der Waals surface area contributed by atoms with Gasteiger partial charge in [-0.1, -0.05) is 88.9 Å². The second-order valence-electron chi connectivity index (χ2n) is 20.6. The smallest absolute Gasteiger partial charge is 0.272 e. The van der Waals surface area contributed by atoms with Gasteiger partial charge < -0.3 is 24.8 Å². The topological polar surface area (TPSA) is 209 Å². The maximum Gasteiger partial charge on any atom is 0.272 e. The molecule has 0 spiro atoms. The number of imide groups is 2. The highest BCUT2D eigenvalue weighted by atomic mass is 16.5. The summed E-state index contributed by atoms with van der Waals surface area (Å²) >= 11 is 0. The number of piperidine rings is 1. The number of carbonyl (C=O) groups excluding carboxylic acids is 7. The van der Waals surface area contributed by atoms with E-state index >= 15 is 0 Å². The van der Waals surface area contributed by atoms with Gasteiger partial charge in [0.1, 0.15) is 17.5 Å². The number of hydrogen-bond acceptors (Lipinski definition) is 11. The van der Waals surface area contributed by atoms with Crippen LogP contribution in [0.2, 0.25) is 0 Å². The average Bonchev–Trinajstić information content (AvgIpc) is 3.65. The van der Waals surface area contributed by atoms with Crippen molar-refractivity contribution in [2.75, 3.05) is 51.2 Å². The molecule has 17 nitrogen and oxygen atoms in total. The van der Waals surface area contributed by atoms with Crippen molar-refractivity contribution in [3.8, 4) is 17.0 Å². The molecule has 3 aliphatic heterocycles. The van der Waals surface area contributed by atoms with E-state index in [-0.39, 0.29) is 71.4 Å². The van der Waals surface area contributed by atoms with Gasteiger partial charge in [0.15, 0.2) is 6.61 Å². The Morgan fingerprint density at radius 1 is 0.773 bits per heavy atom. The fraction of sp³-hybridized carbons (Fsp3) is 0.397. The highest BCUT2D eigenvalue weighted by Gasteiger charge is 2.46. The Kier molecular flexibility index (Phi) is 16.8. The highest BCUT2D eigenvalue weighted by Crippen LogP contribution is 2.34. The van der Waals surface area contributed by atoms with Crippen LogP contribution in [0.25, 0.3) is 11.3 Å². The largest absolute Gasteiger partial charge is 0.483 e. The minimum absolute atomic E-state index is 0.000473. The van der Waals surface area contributed by atoms with Crippen LogP contribution < -0.4 is 26.2 Å². The molecule has 1 atom stereocenters. The van der Waals surface area contributed by atoms with Crippen LogP contribution in [-0.4, -0.2) is 118 Å². The Balaban J connectivity index is 0.713. The van der Waals surface area contributed by atoms with Crippen molar-refractivity contribution in [3.63, 3.8) is 0 Å². The molecule has 1 unspecified atom stereocenters. The van der Waals surface area contributed by atoms with Crippen LogP contribution in [0.4, 0.5) is 5.69 Å². The van der Waals surface area contributed by atoms with Gasteiger partial charge in [-0.3, -0.25) is 53.5 Å². The molecule has 4 aromatic carbocycles. The lowest BCUT2D eigenvalue weighted by molar-refractivity contribution is -0.136. The lowest BCUT2D eigenvalue weighted by Gasteiger charge is -2.34. The Hall–Kier alpha value is -7.79. The van der Waals surface area contributed by atoms with Gasteiger partial charge in [-0.15, -0.1) is 0 Å². The fourth-order valence-electron chi connectivity index (χ4n) is 9.79. The van der Waals surface area contributed by atoms with Gasteiger partial charge >= 0.3 is 0 Å². The Bertz CT molecular complexity index is 3040. The van der Waals surface area contributed by atoms with E-state index in [9.17, 15) is 38.4 Å². The van der Waals surface area contributed by atoms with Crippen molar-refractivity contribution >= 4 is 47.0 Å². The molecule has 0 aliphatic carbocycles. The van der Waals surface area contributed by atoms with Gasteiger partial charge in [-0.25, -0.2) is 4.98 Å². The first-order valence-electron chi connectivity index (χ1n) is 25.9. The molecule has 75 heavy (non-hydrogen) atoms. The zero-order valence-electron chi connectivity index (χ0n) is 43.5. The summed E-state index contributed by atoms with van der Waals surface area (Å²) in [5.74, 6) is -2.99. The maximum absolute atomic E-state index is 13.5. The van der Waals surface area contributed by atoms with Crippen LogP contribution in [-0.2, 0) is 33.3 Å². The summed E-state index contributed by atoms with van der Waals surface area (Å²) in [4.78, 5) is 113. The molecule has 3 aliphatic rings. The van der Waals surface area contributed by atoms with Gasteiger partial charge in [-0.2, -0.15) is 0 Å². The summed E-state index contributed by atoms with van der Waals surface area (Å²) in [6.45, 7) is 12.3. The fourth-order valence-corrected chi connectivity index (χ4v) is 9.79. The predicted molar refractivity (Wildman–Crippen MR) is 284 cm³/mol. The Morgan fingerprint density at radius 2 is 1.44 bits per heavy atom. The number of amides is 7. The van der Waals surface area contributed by atoms with Crippen LogP contribution in [0.1, 0.15) is 136 Å². The molecule has 0 radical (unpaired) electrons. The third kappa shape index (κ3) is 12.8. The predicted octanol–water partition coefficient (Wildman–Crippen LogP) is 6.59. The maximum atomic E-state index is 13.5. The number of aromatic nitrogens is 2. The van der Waals surface area contributed by atoms with Crippen LogP contribution >= 0.6 is 0 Å². The molecule has 1 aromatic heterocycles. The first kappa shape index (κ1) is 53.5. The lowest BCUT2D eigenvalue weighted by atomic mass is 9.86. The zero-order chi connectivity index (χ0) is 53.4. The number of carbonyl (C=O) groups is 7. The van der Waals surface area contributed by atoms with E-state index in [0.29, 0.717) is 47.8 Å². The Labute approximate surface area is 437 Å². The number of piperazine rings is 1. The van der Waals surface area contributed by atoms with Crippen molar-refractivity contribution in [1.29, 1.82) is 0 Å². The number of rotatable bonds is 19. The minimum atomic E-state index is -1.09. The number of benzene rings is 4. The highest BCUT2D eigenvalue weighted by molar-refractivity contribution is 6.24. The van der Waals surface area contributed by atoms with Crippen molar-refractivity contribution in [3.05, 3.63) is 146 Å². The standard InChI is InChI=1S/C58H66N8O9/c1-37-42(14-12-16-44(37)61-52(69)39-22-24-41(25-23-39)58(2,3)4)46-35-63(5)56(73)45(60-46)34-38-18-20-40(21-19-38)54(71)65-32-30-64(31-33-65)29-11-9-7-6-8-10-28-59-50(68)36-75-48-17-13-15-43-51(48)57(74)66(55(43)72)47-26-27-49(67)62-53(47)70/h12-25,35,47H,6-11,26-34,36H2,1-5H3,(H,59,68)(H,61,69)(H,62,67,70). The van der Waals surface area contributed by atoms with Gasteiger partial charge in [0.25, 0.3) is 35.1 Å². The van der Waals surface area contributed by atoms with Crippen molar-refractivity contribution in [2.24, 2.45) is 7.05 Å². The number of hydrogen-bond donors (Lipinski definition) is 3. The van der Waals surface area contributed by atoms with E-state index in [1.54, 1.807) is 19.3 Å². The molecular weight excluding hydrogens is 953 g/mol. The van der Waals surface area contributed by atoms with E-state index in [4.69, 9.17) is 9.72 Å². The molecule has 7 amide bonds. The average molecular weight is 1020 g/mol. The second-order valence-corrected chi connectivity index (χ2v) is 20.6. The van der Waals surface area contributed by atoms with Gasteiger partial charge in [-0.05, 0) is 97.3 Å². The summed E-state index contributed by atoms with van der Waals surface area (Å²) in [7, 11) is 1.71. The quantitative estimate of drug-likeness (QED) is 0.0594. The molecule has 4 heterocycles. The molecule has 2 saturated heterocycles. The van der Waals surface area contributed by atoms with Crippen molar-refractivity contribution < 1.29 is 38.3 Å². The molecule has 8 rings (SSSR count). The Morgan fingerprint density at radius 3 is 2.15 bits per heavy atom. The van der Waals surface area contributed by atoms with E-state index in [1.165, 1.54) is 16.7 Å². The molecule has 2 fully saturated rings. The number of ether oxygens (including phenoxy) is 1. The van der Waals surface area contributed by atoms with Gasteiger partial charge in [0, 0.05) is 81.2 Å². The molecule has 5 aromatic rings. The number of aryl methyl sites for hydroxylation is 1.